The van der Waals surface area contributed by atoms with Gasteiger partial charge in [0.1, 0.15) is 0 Å². The summed E-state index contributed by atoms with van der Waals surface area (Å²) < 4.78 is 0. The summed E-state index contributed by atoms with van der Waals surface area (Å²) in [5, 5.41) is 6.58. The topological polar surface area (TPSA) is 77.0 Å². The number of rotatable bonds is 3. The highest BCUT2D eigenvalue weighted by Gasteiger charge is 2.14. The van der Waals surface area contributed by atoms with Gasteiger partial charge in [-0.3, -0.25) is 4.79 Å². The minimum absolute atomic E-state index is 0.450. The Bertz CT molecular complexity index is 1160. The Hall–Kier alpha value is -3.41. The van der Waals surface area contributed by atoms with Crippen LogP contribution in [0.15, 0.2) is 59.5 Å². The number of aromatic amines is 1. The smallest absolute Gasteiger partial charge is 0.332 e. The van der Waals surface area contributed by atoms with Crippen molar-refractivity contribution in [1.82, 2.24) is 14.9 Å². The first-order chi connectivity index (χ1) is 12.1. The molecule has 0 aliphatic rings. The molecule has 0 unspecified atom stereocenters. The Labute approximate surface area is 142 Å². The fraction of sp³-hybridized carbons (Fsp3) is 0.105. The molecule has 2 aromatic carbocycles. The lowest BCUT2D eigenvalue weighted by molar-refractivity contribution is -0.143. The van der Waals surface area contributed by atoms with Gasteiger partial charge in [-0.25, -0.2) is 4.79 Å². The Balaban J connectivity index is 1.90. The van der Waals surface area contributed by atoms with Crippen molar-refractivity contribution < 1.29 is 9.63 Å². The maximum Gasteiger partial charge on any atom is 0.332 e. The second-order valence-electron chi connectivity index (χ2n) is 5.79. The molecule has 0 aliphatic heterocycles. The second-order valence-corrected chi connectivity index (χ2v) is 5.79. The fourth-order valence-electron chi connectivity index (χ4n) is 3.01. The van der Waals surface area contributed by atoms with Crippen molar-refractivity contribution in [3.63, 3.8) is 0 Å². The van der Waals surface area contributed by atoms with Crippen LogP contribution in [0.4, 0.5) is 0 Å². The van der Waals surface area contributed by atoms with Crippen LogP contribution in [0, 0.1) is 0 Å². The van der Waals surface area contributed by atoms with E-state index in [1.54, 1.807) is 12.1 Å². The molecule has 1 N–H and O–H groups in total. The zero-order valence-corrected chi connectivity index (χ0v) is 13.5. The summed E-state index contributed by atoms with van der Waals surface area (Å²) in [6.45, 7) is 1.24. The molecule has 0 amide bonds. The third-order valence-corrected chi connectivity index (χ3v) is 4.10. The van der Waals surface area contributed by atoms with E-state index in [0.29, 0.717) is 17.5 Å². The lowest BCUT2D eigenvalue weighted by Crippen LogP contribution is -2.33. The molecule has 0 atom stereocenters. The van der Waals surface area contributed by atoms with Crippen molar-refractivity contribution >= 4 is 27.6 Å². The number of carbonyl (C=O) groups excluding carboxylic acids is 1. The number of fused-ring (bicyclic) bond motifs is 2. The molecule has 6 nitrogen and oxygen atoms in total. The first-order valence-corrected chi connectivity index (χ1v) is 7.88. The van der Waals surface area contributed by atoms with Crippen LogP contribution in [0.5, 0.6) is 0 Å². The van der Waals surface area contributed by atoms with E-state index in [1.165, 1.54) is 6.92 Å². The number of hydrogen-bond donors (Lipinski definition) is 1. The molecule has 0 bridgehead atoms. The van der Waals surface area contributed by atoms with Gasteiger partial charge in [-0.15, -0.1) is 5.10 Å². The van der Waals surface area contributed by atoms with Gasteiger partial charge in [0.05, 0.1) is 11.1 Å². The zero-order valence-electron chi connectivity index (χ0n) is 13.5. The summed E-state index contributed by atoms with van der Waals surface area (Å²) in [7, 11) is 0. The summed E-state index contributed by atoms with van der Waals surface area (Å²) in [4.78, 5) is 32.7. The average Bonchev–Trinajstić information content (AvgIpc) is 3.02. The van der Waals surface area contributed by atoms with E-state index in [4.69, 9.17) is 4.84 Å². The minimum Gasteiger partial charge on any atom is -0.361 e. The molecule has 2 heterocycles. The SMILES string of the molecule is CC(=O)On1nc(Cc2c[nH]c3ccccc23)c2ccccc2c1=O. The molecule has 0 saturated carbocycles. The van der Waals surface area contributed by atoms with Gasteiger partial charge in [0, 0.05) is 35.8 Å². The number of benzene rings is 2. The van der Waals surface area contributed by atoms with E-state index in [1.807, 2.05) is 42.6 Å². The standard InChI is InChI=1S/C19H15N3O3/c1-12(23)25-22-19(24)16-8-3-2-7-15(16)18(21-22)10-13-11-20-17-9-5-4-6-14(13)17/h2-9,11,20H,10H2,1H3. The molecular weight excluding hydrogens is 318 g/mol. The van der Waals surface area contributed by atoms with Crippen molar-refractivity contribution in [3.05, 3.63) is 76.3 Å². The zero-order chi connectivity index (χ0) is 17.4. The Morgan fingerprint density at radius 2 is 1.76 bits per heavy atom. The summed E-state index contributed by atoms with van der Waals surface area (Å²) in [5.41, 5.74) is 2.31. The van der Waals surface area contributed by atoms with Crippen LogP contribution in [0.25, 0.3) is 21.7 Å². The van der Waals surface area contributed by atoms with Crippen LogP contribution in [0.2, 0.25) is 0 Å². The molecule has 124 valence electrons. The van der Waals surface area contributed by atoms with Gasteiger partial charge in [0.15, 0.2) is 0 Å². The van der Waals surface area contributed by atoms with Gasteiger partial charge in [0.25, 0.3) is 0 Å². The molecule has 0 fully saturated rings. The predicted octanol–water partition coefficient (Wildman–Crippen LogP) is 2.44. The third kappa shape index (κ3) is 2.67. The van der Waals surface area contributed by atoms with Gasteiger partial charge in [-0.2, -0.15) is 0 Å². The van der Waals surface area contributed by atoms with E-state index in [0.717, 1.165) is 26.7 Å². The number of para-hydroxylation sites is 1. The minimum atomic E-state index is -0.595. The number of nitrogens with one attached hydrogen (secondary N) is 1. The van der Waals surface area contributed by atoms with E-state index in [9.17, 15) is 9.59 Å². The normalized spacial score (nSPS) is 11.1. The molecule has 4 aromatic rings. The van der Waals surface area contributed by atoms with Crippen molar-refractivity contribution in [1.29, 1.82) is 0 Å². The maximum atomic E-state index is 12.4. The number of carbonyl (C=O) groups is 1. The van der Waals surface area contributed by atoms with Gasteiger partial charge < -0.3 is 9.82 Å². The van der Waals surface area contributed by atoms with Crippen molar-refractivity contribution in [2.24, 2.45) is 0 Å². The van der Waals surface area contributed by atoms with Crippen molar-refractivity contribution in [2.45, 2.75) is 13.3 Å². The highest BCUT2D eigenvalue weighted by Crippen LogP contribution is 2.22. The molecule has 4 rings (SSSR count). The number of H-pyrrole nitrogens is 1. The summed E-state index contributed by atoms with van der Waals surface area (Å²) >= 11 is 0. The second kappa shape index (κ2) is 5.90. The fourth-order valence-corrected chi connectivity index (χ4v) is 3.01. The predicted molar refractivity (Wildman–Crippen MR) is 94.4 cm³/mol. The summed E-state index contributed by atoms with van der Waals surface area (Å²) in [6, 6.07) is 15.2. The first kappa shape index (κ1) is 15.1. The first-order valence-electron chi connectivity index (χ1n) is 7.88. The number of nitrogens with zero attached hydrogens (tertiary/aromatic N) is 2. The van der Waals surface area contributed by atoms with Gasteiger partial charge in [0.2, 0.25) is 0 Å². The third-order valence-electron chi connectivity index (χ3n) is 4.10. The molecule has 0 aliphatic carbocycles. The van der Waals surface area contributed by atoms with Crippen LogP contribution >= 0.6 is 0 Å². The number of hydrogen-bond acceptors (Lipinski definition) is 4. The Morgan fingerprint density at radius 1 is 1.08 bits per heavy atom. The van der Waals surface area contributed by atoms with E-state index >= 15 is 0 Å². The van der Waals surface area contributed by atoms with Crippen molar-refractivity contribution in [3.8, 4) is 0 Å². The molecule has 2 aromatic heterocycles. The Morgan fingerprint density at radius 3 is 2.52 bits per heavy atom. The largest absolute Gasteiger partial charge is 0.361 e. The molecule has 25 heavy (non-hydrogen) atoms. The monoisotopic (exact) mass is 333 g/mol. The van der Waals surface area contributed by atoms with Crippen LogP contribution in [0.1, 0.15) is 18.2 Å². The lowest BCUT2D eigenvalue weighted by atomic mass is 10.0. The molecule has 0 radical (unpaired) electrons. The van der Waals surface area contributed by atoms with Crippen LogP contribution in [-0.2, 0) is 11.2 Å². The van der Waals surface area contributed by atoms with Crippen molar-refractivity contribution in [2.75, 3.05) is 0 Å². The average molecular weight is 333 g/mol. The molecule has 0 saturated heterocycles. The lowest BCUT2D eigenvalue weighted by Gasteiger charge is -2.09. The van der Waals surface area contributed by atoms with Crippen LogP contribution in [-0.4, -0.2) is 20.9 Å². The van der Waals surface area contributed by atoms with Gasteiger partial charge >= 0.3 is 11.5 Å². The van der Waals surface area contributed by atoms with Gasteiger partial charge in [-0.05, 0) is 22.5 Å². The maximum absolute atomic E-state index is 12.4. The van der Waals surface area contributed by atoms with Gasteiger partial charge in [-0.1, -0.05) is 36.4 Å². The van der Waals surface area contributed by atoms with E-state index in [2.05, 4.69) is 10.1 Å². The van der Waals surface area contributed by atoms with E-state index in [-0.39, 0.29) is 0 Å². The summed E-state index contributed by atoms with van der Waals surface area (Å²) in [5.74, 6) is -0.595. The molecule has 6 heteroatoms. The highest BCUT2D eigenvalue weighted by molar-refractivity contribution is 5.86. The van der Waals surface area contributed by atoms with E-state index < -0.39 is 11.5 Å². The quantitative estimate of drug-likeness (QED) is 0.625. The highest BCUT2D eigenvalue weighted by atomic mass is 16.7. The van der Waals surface area contributed by atoms with Crippen LogP contribution < -0.4 is 10.4 Å². The number of aromatic nitrogens is 3. The van der Waals surface area contributed by atoms with Crippen LogP contribution in [0.3, 0.4) is 0 Å². The molecular formula is C19H15N3O3. The summed E-state index contributed by atoms with van der Waals surface area (Å²) in [6.07, 6.45) is 2.44. The molecule has 0 spiro atoms. The Kier molecular flexibility index (Phi) is 3.57.